The highest BCUT2D eigenvalue weighted by atomic mass is 16.3. The van der Waals surface area contributed by atoms with E-state index in [1.807, 2.05) is 19.1 Å². The first-order valence-corrected chi connectivity index (χ1v) is 4.01. The van der Waals surface area contributed by atoms with Gasteiger partial charge in [-0.3, -0.25) is 0 Å². The third kappa shape index (κ3) is 1.36. The molecular formula is C9H10N2O2. The van der Waals surface area contributed by atoms with E-state index in [9.17, 15) is 0 Å². The van der Waals surface area contributed by atoms with Gasteiger partial charge < -0.3 is 14.5 Å². The van der Waals surface area contributed by atoms with Crippen LogP contribution in [0.5, 0.6) is 0 Å². The smallest absolute Gasteiger partial charge is 0.154 e. The Bertz CT molecular complexity index is 390. The molecule has 0 bridgehead atoms. The van der Waals surface area contributed by atoms with Crippen LogP contribution in [0.3, 0.4) is 0 Å². The van der Waals surface area contributed by atoms with E-state index in [1.165, 1.54) is 0 Å². The van der Waals surface area contributed by atoms with E-state index in [4.69, 9.17) is 9.52 Å². The molecule has 0 fully saturated rings. The topological polar surface area (TPSA) is 62.0 Å². The number of nitrogens with one attached hydrogen (secondary N) is 1. The van der Waals surface area contributed by atoms with Crippen molar-refractivity contribution >= 4 is 0 Å². The van der Waals surface area contributed by atoms with Crippen molar-refractivity contribution in [2.75, 3.05) is 0 Å². The fourth-order valence-electron chi connectivity index (χ4n) is 1.25. The maximum atomic E-state index is 8.85. The average molecular weight is 178 g/mol. The van der Waals surface area contributed by atoms with Gasteiger partial charge in [-0.15, -0.1) is 0 Å². The quantitative estimate of drug-likeness (QED) is 0.732. The molecule has 0 atom stereocenters. The Morgan fingerprint density at radius 1 is 1.62 bits per heavy atom. The number of hydrogen-bond acceptors (Lipinski definition) is 3. The zero-order chi connectivity index (χ0) is 9.26. The van der Waals surface area contributed by atoms with Crippen LogP contribution in [0.25, 0.3) is 11.5 Å². The van der Waals surface area contributed by atoms with Gasteiger partial charge in [-0.1, -0.05) is 0 Å². The van der Waals surface area contributed by atoms with Gasteiger partial charge >= 0.3 is 0 Å². The second-order valence-electron chi connectivity index (χ2n) is 2.79. The number of aromatic nitrogens is 2. The van der Waals surface area contributed by atoms with E-state index in [-0.39, 0.29) is 6.61 Å². The Balaban J connectivity index is 2.46. The lowest BCUT2D eigenvalue weighted by Gasteiger charge is -1.89. The molecule has 0 amide bonds. The van der Waals surface area contributed by atoms with Crippen LogP contribution < -0.4 is 0 Å². The predicted molar refractivity (Wildman–Crippen MR) is 46.9 cm³/mol. The summed E-state index contributed by atoms with van der Waals surface area (Å²) in [5, 5.41) is 8.85. The highest BCUT2D eigenvalue weighted by Crippen LogP contribution is 2.21. The number of imidazole rings is 1. The van der Waals surface area contributed by atoms with E-state index in [1.54, 1.807) is 6.26 Å². The normalized spacial score (nSPS) is 10.6. The van der Waals surface area contributed by atoms with E-state index in [2.05, 4.69) is 9.97 Å². The number of aliphatic hydroxyl groups is 1. The van der Waals surface area contributed by atoms with Crippen LogP contribution in [0.1, 0.15) is 11.5 Å². The summed E-state index contributed by atoms with van der Waals surface area (Å²) in [6, 6.07) is 3.65. The first-order chi connectivity index (χ1) is 6.31. The largest absolute Gasteiger partial charge is 0.463 e. The number of nitrogens with zero attached hydrogens (tertiary/aromatic N) is 1. The molecule has 0 saturated heterocycles. The molecule has 0 aliphatic carbocycles. The van der Waals surface area contributed by atoms with Crippen molar-refractivity contribution < 1.29 is 9.52 Å². The third-order valence-corrected chi connectivity index (χ3v) is 1.84. The second-order valence-corrected chi connectivity index (χ2v) is 2.79. The molecule has 68 valence electrons. The molecule has 2 aromatic heterocycles. The number of hydrogen-bond donors (Lipinski definition) is 2. The Morgan fingerprint density at radius 3 is 3.00 bits per heavy atom. The van der Waals surface area contributed by atoms with Gasteiger partial charge in [-0.25, -0.2) is 4.98 Å². The van der Waals surface area contributed by atoms with E-state index < -0.39 is 0 Å². The molecule has 0 spiro atoms. The molecule has 0 aromatic carbocycles. The van der Waals surface area contributed by atoms with Crippen LogP contribution in [0.4, 0.5) is 0 Å². The SMILES string of the molecule is Cc1[nH]c(CO)nc1-c1ccco1. The summed E-state index contributed by atoms with van der Waals surface area (Å²) >= 11 is 0. The number of H-pyrrole nitrogens is 1. The number of rotatable bonds is 2. The minimum absolute atomic E-state index is 0.0818. The van der Waals surface area contributed by atoms with Crippen molar-refractivity contribution in [3.8, 4) is 11.5 Å². The van der Waals surface area contributed by atoms with Crippen LogP contribution in [0, 0.1) is 6.92 Å². The van der Waals surface area contributed by atoms with Crippen LogP contribution in [0.2, 0.25) is 0 Å². The zero-order valence-corrected chi connectivity index (χ0v) is 7.24. The number of aromatic amines is 1. The summed E-state index contributed by atoms with van der Waals surface area (Å²) < 4.78 is 5.19. The number of aliphatic hydroxyl groups excluding tert-OH is 1. The minimum atomic E-state index is -0.0818. The lowest BCUT2D eigenvalue weighted by atomic mass is 10.3. The molecule has 2 rings (SSSR count). The monoisotopic (exact) mass is 178 g/mol. The molecule has 4 heteroatoms. The first-order valence-electron chi connectivity index (χ1n) is 4.01. The molecule has 2 N–H and O–H groups in total. The summed E-state index contributed by atoms with van der Waals surface area (Å²) in [6.45, 7) is 1.81. The van der Waals surface area contributed by atoms with Crippen molar-refractivity contribution in [1.82, 2.24) is 9.97 Å². The van der Waals surface area contributed by atoms with E-state index in [0.29, 0.717) is 11.6 Å². The van der Waals surface area contributed by atoms with Crippen molar-refractivity contribution in [2.45, 2.75) is 13.5 Å². The molecule has 0 unspecified atom stereocenters. The van der Waals surface area contributed by atoms with Gasteiger partial charge in [0.05, 0.1) is 6.26 Å². The van der Waals surface area contributed by atoms with Gasteiger partial charge in [0.15, 0.2) is 5.76 Å². The van der Waals surface area contributed by atoms with E-state index >= 15 is 0 Å². The van der Waals surface area contributed by atoms with Crippen LogP contribution in [0.15, 0.2) is 22.8 Å². The molecule has 0 saturated carbocycles. The standard InChI is InChI=1S/C9H10N2O2/c1-6-9(7-3-2-4-13-7)11-8(5-12)10-6/h2-4,12H,5H2,1H3,(H,10,11). The Labute approximate surface area is 75.2 Å². The maximum absolute atomic E-state index is 8.85. The summed E-state index contributed by atoms with van der Waals surface area (Å²) in [5.41, 5.74) is 1.66. The molecule has 0 aliphatic heterocycles. The maximum Gasteiger partial charge on any atom is 0.154 e. The third-order valence-electron chi connectivity index (χ3n) is 1.84. The first kappa shape index (κ1) is 8.07. The summed E-state index contributed by atoms with van der Waals surface area (Å²) in [7, 11) is 0. The molecule has 2 aromatic rings. The molecule has 0 aliphatic rings. The van der Waals surface area contributed by atoms with Gasteiger partial charge in [0.2, 0.25) is 0 Å². The summed E-state index contributed by atoms with van der Waals surface area (Å²) in [5.74, 6) is 1.28. The van der Waals surface area contributed by atoms with Gasteiger partial charge in [-0.2, -0.15) is 0 Å². The molecule has 0 radical (unpaired) electrons. The highest BCUT2D eigenvalue weighted by Gasteiger charge is 2.09. The second kappa shape index (κ2) is 3.06. The molecular weight excluding hydrogens is 168 g/mol. The number of furan rings is 1. The molecule has 13 heavy (non-hydrogen) atoms. The molecule has 2 heterocycles. The lowest BCUT2D eigenvalue weighted by molar-refractivity contribution is 0.272. The van der Waals surface area contributed by atoms with Crippen LogP contribution in [-0.2, 0) is 6.61 Å². The van der Waals surface area contributed by atoms with Crippen molar-refractivity contribution in [1.29, 1.82) is 0 Å². The minimum Gasteiger partial charge on any atom is -0.463 e. The van der Waals surface area contributed by atoms with Gasteiger partial charge in [-0.05, 0) is 19.1 Å². The zero-order valence-electron chi connectivity index (χ0n) is 7.24. The van der Waals surface area contributed by atoms with Crippen molar-refractivity contribution in [3.05, 3.63) is 29.9 Å². The van der Waals surface area contributed by atoms with Gasteiger partial charge in [0, 0.05) is 5.69 Å². The Morgan fingerprint density at radius 2 is 2.46 bits per heavy atom. The predicted octanol–water partition coefficient (Wildman–Crippen LogP) is 1.47. The fraction of sp³-hybridized carbons (Fsp3) is 0.222. The Hall–Kier alpha value is -1.55. The van der Waals surface area contributed by atoms with Crippen molar-refractivity contribution in [3.63, 3.8) is 0 Å². The van der Waals surface area contributed by atoms with Crippen LogP contribution in [-0.4, -0.2) is 15.1 Å². The summed E-state index contributed by atoms with van der Waals surface area (Å²) in [6.07, 6.45) is 1.60. The Kier molecular flexibility index (Phi) is 1.90. The fourth-order valence-corrected chi connectivity index (χ4v) is 1.25. The van der Waals surface area contributed by atoms with Gasteiger partial charge in [0.1, 0.15) is 18.1 Å². The average Bonchev–Trinajstić information content (AvgIpc) is 2.72. The lowest BCUT2D eigenvalue weighted by Crippen LogP contribution is -1.84. The number of aryl methyl sites for hydroxylation is 1. The van der Waals surface area contributed by atoms with Crippen molar-refractivity contribution in [2.24, 2.45) is 0 Å². The molecule has 4 nitrogen and oxygen atoms in total. The van der Waals surface area contributed by atoms with Crippen LogP contribution >= 0.6 is 0 Å². The highest BCUT2D eigenvalue weighted by molar-refractivity contribution is 5.55. The van der Waals surface area contributed by atoms with E-state index in [0.717, 1.165) is 11.4 Å². The van der Waals surface area contributed by atoms with Gasteiger partial charge in [0.25, 0.3) is 0 Å². The summed E-state index contributed by atoms with van der Waals surface area (Å²) in [4.78, 5) is 7.13.